The van der Waals surface area contributed by atoms with Crippen molar-refractivity contribution in [1.82, 2.24) is 5.32 Å². The third-order valence-electron chi connectivity index (χ3n) is 3.06. The molecule has 1 nitrogen and oxygen atoms in total. The Morgan fingerprint density at radius 1 is 1.28 bits per heavy atom. The lowest BCUT2D eigenvalue weighted by Gasteiger charge is -2.18. The monoisotopic (exact) mass is 249 g/mol. The molecule has 0 aliphatic carbocycles. The van der Waals surface area contributed by atoms with Crippen molar-refractivity contribution in [2.75, 3.05) is 6.54 Å². The average Bonchev–Trinajstić information content (AvgIpc) is 2.39. The molecule has 1 aromatic carbocycles. The summed E-state index contributed by atoms with van der Waals surface area (Å²) in [5.74, 6) is -0.165. The zero-order valence-electron chi connectivity index (χ0n) is 11.5. The summed E-state index contributed by atoms with van der Waals surface area (Å²) < 4.78 is 12.9. The lowest BCUT2D eigenvalue weighted by molar-refractivity contribution is 0.485. The summed E-state index contributed by atoms with van der Waals surface area (Å²) in [6.07, 6.45) is 8.76. The minimum Gasteiger partial charge on any atom is -0.310 e. The zero-order chi connectivity index (χ0) is 13.2. The fraction of sp³-hybridized carbons (Fsp3) is 0.500. The summed E-state index contributed by atoms with van der Waals surface area (Å²) in [5, 5.41) is 3.55. The van der Waals surface area contributed by atoms with Crippen molar-refractivity contribution in [3.05, 3.63) is 47.8 Å². The van der Waals surface area contributed by atoms with Crippen molar-refractivity contribution >= 4 is 0 Å². The molecular formula is C16H24FN. The van der Waals surface area contributed by atoms with Gasteiger partial charge in [-0.2, -0.15) is 0 Å². The summed E-state index contributed by atoms with van der Waals surface area (Å²) in [7, 11) is 0. The number of unbranched alkanes of at least 4 members (excludes halogenated alkanes) is 1. The van der Waals surface area contributed by atoms with Gasteiger partial charge in [0, 0.05) is 6.04 Å². The topological polar surface area (TPSA) is 12.0 Å². The van der Waals surface area contributed by atoms with Crippen LogP contribution in [0.4, 0.5) is 4.39 Å². The number of hydrogen-bond donors (Lipinski definition) is 1. The van der Waals surface area contributed by atoms with Gasteiger partial charge in [-0.15, -0.1) is 0 Å². The molecule has 18 heavy (non-hydrogen) atoms. The van der Waals surface area contributed by atoms with Gasteiger partial charge in [-0.25, -0.2) is 4.39 Å². The fourth-order valence-corrected chi connectivity index (χ4v) is 2.00. The van der Waals surface area contributed by atoms with E-state index in [-0.39, 0.29) is 5.82 Å². The predicted molar refractivity (Wildman–Crippen MR) is 76.1 cm³/mol. The molecule has 100 valence electrons. The number of rotatable bonds is 8. The minimum atomic E-state index is -0.165. The van der Waals surface area contributed by atoms with Crippen LogP contribution in [-0.4, -0.2) is 6.54 Å². The average molecular weight is 249 g/mol. The third kappa shape index (κ3) is 5.46. The van der Waals surface area contributed by atoms with Crippen LogP contribution in [0.1, 0.15) is 51.1 Å². The molecule has 2 heteroatoms. The first-order chi connectivity index (χ1) is 8.77. The van der Waals surface area contributed by atoms with Crippen LogP contribution in [0.15, 0.2) is 36.4 Å². The largest absolute Gasteiger partial charge is 0.310 e. The second-order valence-corrected chi connectivity index (χ2v) is 4.56. The first-order valence-electron chi connectivity index (χ1n) is 6.88. The molecule has 0 spiro atoms. The number of halogens is 1. The molecule has 0 saturated heterocycles. The first kappa shape index (κ1) is 14.9. The van der Waals surface area contributed by atoms with Crippen LogP contribution < -0.4 is 5.32 Å². The van der Waals surface area contributed by atoms with E-state index in [9.17, 15) is 4.39 Å². The van der Waals surface area contributed by atoms with E-state index < -0.39 is 0 Å². The standard InChI is InChI=1S/C16H24FN/c1-3-5-7-13-18-16(8-6-4-2)14-9-11-15(17)12-10-14/h3,5,9-12,16,18H,4,6-8,13H2,1-2H3/b5-3+. The van der Waals surface area contributed by atoms with E-state index in [0.717, 1.165) is 19.4 Å². The van der Waals surface area contributed by atoms with Crippen LogP contribution in [0.2, 0.25) is 0 Å². The van der Waals surface area contributed by atoms with Crippen LogP contribution in [0.3, 0.4) is 0 Å². The number of hydrogen-bond acceptors (Lipinski definition) is 1. The number of benzene rings is 1. The van der Waals surface area contributed by atoms with E-state index in [4.69, 9.17) is 0 Å². The minimum absolute atomic E-state index is 0.165. The quantitative estimate of drug-likeness (QED) is 0.524. The van der Waals surface area contributed by atoms with Gasteiger partial charge in [0.15, 0.2) is 0 Å². The molecule has 0 heterocycles. The lowest BCUT2D eigenvalue weighted by atomic mass is 10.0. The molecule has 1 aromatic rings. The zero-order valence-corrected chi connectivity index (χ0v) is 11.5. The van der Waals surface area contributed by atoms with Gasteiger partial charge >= 0.3 is 0 Å². The summed E-state index contributed by atoms with van der Waals surface area (Å²) in [5.41, 5.74) is 1.19. The van der Waals surface area contributed by atoms with Crippen molar-refractivity contribution in [3.63, 3.8) is 0 Å². The lowest BCUT2D eigenvalue weighted by Crippen LogP contribution is -2.22. The molecule has 1 unspecified atom stereocenters. The van der Waals surface area contributed by atoms with Gasteiger partial charge in [-0.1, -0.05) is 44.1 Å². The molecule has 0 aliphatic rings. The highest BCUT2D eigenvalue weighted by atomic mass is 19.1. The third-order valence-corrected chi connectivity index (χ3v) is 3.06. The van der Waals surface area contributed by atoms with E-state index in [2.05, 4.69) is 24.4 Å². The molecule has 1 N–H and O–H groups in total. The predicted octanol–water partition coefficient (Wildman–Crippen LogP) is 4.61. The maximum absolute atomic E-state index is 12.9. The summed E-state index contributed by atoms with van der Waals surface area (Å²) in [4.78, 5) is 0. The molecule has 1 atom stereocenters. The second kappa shape index (κ2) is 8.87. The van der Waals surface area contributed by atoms with Crippen LogP contribution in [0.25, 0.3) is 0 Å². The first-order valence-corrected chi connectivity index (χ1v) is 6.88. The maximum atomic E-state index is 12.9. The normalized spacial score (nSPS) is 13.1. The molecule has 0 aromatic heterocycles. The van der Waals surface area contributed by atoms with E-state index in [1.807, 2.05) is 19.1 Å². The van der Waals surface area contributed by atoms with Gasteiger partial charge in [-0.05, 0) is 44.0 Å². The Bertz CT molecular complexity index is 343. The Morgan fingerprint density at radius 3 is 2.61 bits per heavy atom. The SMILES string of the molecule is C/C=C/CCNC(CCCC)c1ccc(F)cc1. The van der Waals surface area contributed by atoms with Gasteiger partial charge < -0.3 is 5.32 Å². The smallest absolute Gasteiger partial charge is 0.123 e. The van der Waals surface area contributed by atoms with Gasteiger partial charge in [0.25, 0.3) is 0 Å². The molecule has 0 radical (unpaired) electrons. The van der Waals surface area contributed by atoms with Crippen molar-refractivity contribution in [3.8, 4) is 0 Å². The van der Waals surface area contributed by atoms with Crippen molar-refractivity contribution in [2.24, 2.45) is 0 Å². The summed E-state index contributed by atoms with van der Waals surface area (Å²) in [6, 6.07) is 7.20. The summed E-state index contributed by atoms with van der Waals surface area (Å²) in [6.45, 7) is 5.20. The maximum Gasteiger partial charge on any atom is 0.123 e. The van der Waals surface area contributed by atoms with Crippen LogP contribution in [-0.2, 0) is 0 Å². The molecule has 0 bridgehead atoms. The van der Waals surface area contributed by atoms with Crippen molar-refractivity contribution < 1.29 is 4.39 Å². The van der Waals surface area contributed by atoms with Gasteiger partial charge in [0.1, 0.15) is 5.82 Å². The highest BCUT2D eigenvalue weighted by Gasteiger charge is 2.09. The molecular weight excluding hydrogens is 225 g/mol. The van der Waals surface area contributed by atoms with Gasteiger partial charge in [-0.3, -0.25) is 0 Å². The molecule has 0 saturated carbocycles. The Balaban J connectivity index is 2.56. The van der Waals surface area contributed by atoms with E-state index in [0.29, 0.717) is 6.04 Å². The molecule has 0 aliphatic heterocycles. The van der Waals surface area contributed by atoms with E-state index in [1.165, 1.54) is 18.4 Å². The Labute approximate surface area is 110 Å². The van der Waals surface area contributed by atoms with Gasteiger partial charge in [0.2, 0.25) is 0 Å². The number of nitrogens with one attached hydrogen (secondary N) is 1. The van der Waals surface area contributed by atoms with Crippen molar-refractivity contribution in [1.29, 1.82) is 0 Å². The van der Waals surface area contributed by atoms with Gasteiger partial charge in [0.05, 0.1) is 0 Å². The Kier molecular flexibility index (Phi) is 7.35. The van der Waals surface area contributed by atoms with Crippen LogP contribution >= 0.6 is 0 Å². The van der Waals surface area contributed by atoms with E-state index >= 15 is 0 Å². The summed E-state index contributed by atoms with van der Waals surface area (Å²) >= 11 is 0. The second-order valence-electron chi connectivity index (χ2n) is 4.56. The molecule has 0 fully saturated rings. The van der Waals surface area contributed by atoms with Crippen LogP contribution in [0.5, 0.6) is 0 Å². The highest BCUT2D eigenvalue weighted by Crippen LogP contribution is 2.19. The highest BCUT2D eigenvalue weighted by molar-refractivity contribution is 5.19. The number of allylic oxidation sites excluding steroid dienone is 1. The fourth-order valence-electron chi connectivity index (χ4n) is 2.00. The van der Waals surface area contributed by atoms with E-state index in [1.54, 1.807) is 12.1 Å². The van der Waals surface area contributed by atoms with Crippen LogP contribution in [0, 0.1) is 5.82 Å². The molecule has 0 amide bonds. The Morgan fingerprint density at radius 2 is 2.00 bits per heavy atom. The Hall–Kier alpha value is -1.15. The van der Waals surface area contributed by atoms with Crippen molar-refractivity contribution in [2.45, 2.75) is 45.6 Å². The molecule has 1 rings (SSSR count).